The molecule has 0 spiro atoms. The largest absolute Gasteiger partial charge is 0.455 e. The number of nitro groups is 1. The molecule has 0 radical (unpaired) electrons. The van der Waals surface area contributed by atoms with Crippen LogP contribution in [-0.2, 0) is 0 Å². The molecule has 0 unspecified atom stereocenters. The lowest BCUT2D eigenvalue weighted by Crippen LogP contribution is -1.94. The van der Waals surface area contributed by atoms with Crippen molar-refractivity contribution in [1.29, 1.82) is 0 Å². The van der Waals surface area contributed by atoms with E-state index in [-0.39, 0.29) is 5.69 Å². The van der Waals surface area contributed by atoms with Gasteiger partial charge in [-0.2, -0.15) is 0 Å². The number of non-ortho nitro benzene ring substituents is 1. The predicted octanol–water partition coefficient (Wildman–Crippen LogP) is 4.24. The Bertz CT molecular complexity index is 816. The second kappa shape index (κ2) is 5.20. The van der Waals surface area contributed by atoms with Gasteiger partial charge in [0.15, 0.2) is 5.75 Å². The summed E-state index contributed by atoms with van der Waals surface area (Å²) >= 11 is 0. The molecular formula is C16H12N2O3. The third-order valence-corrected chi connectivity index (χ3v) is 3.10. The van der Waals surface area contributed by atoms with Crippen molar-refractivity contribution >= 4 is 16.6 Å². The molecule has 0 aliphatic rings. The fourth-order valence-corrected chi connectivity index (χ4v) is 2.13. The van der Waals surface area contributed by atoms with Crippen LogP contribution in [-0.4, -0.2) is 9.91 Å². The lowest BCUT2D eigenvalue weighted by atomic mass is 10.1. The summed E-state index contributed by atoms with van der Waals surface area (Å²) in [6.07, 6.45) is 0. The average molecular weight is 280 g/mol. The van der Waals surface area contributed by atoms with Gasteiger partial charge in [-0.05, 0) is 37.3 Å². The normalized spacial score (nSPS) is 10.5. The summed E-state index contributed by atoms with van der Waals surface area (Å²) in [5.74, 6) is 1.17. The molecule has 104 valence electrons. The zero-order chi connectivity index (χ0) is 14.8. The Balaban J connectivity index is 2.17. The lowest BCUT2D eigenvalue weighted by molar-refractivity contribution is -0.383. The number of hydrogen-bond donors (Lipinski definition) is 0. The minimum atomic E-state index is -0.411. The molecule has 0 saturated carbocycles. The zero-order valence-electron chi connectivity index (χ0n) is 11.3. The van der Waals surface area contributed by atoms with Crippen LogP contribution < -0.4 is 4.74 Å². The van der Waals surface area contributed by atoms with Crippen LogP contribution in [0.2, 0.25) is 0 Å². The number of nitro benzene ring substituents is 1. The van der Waals surface area contributed by atoms with Gasteiger partial charge in [0.25, 0.3) is 5.69 Å². The number of rotatable bonds is 3. The second-order valence-corrected chi connectivity index (χ2v) is 4.60. The van der Waals surface area contributed by atoms with E-state index in [2.05, 4.69) is 4.98 Å². The fraction of sp³-hybridized carbons (Fsp3) is 0.0625. The molecule has 0 N–H and O–H groups in total. The molecule has 0 aliphatic heterocycles. The number of nitrogens with zero attached hydrogens (tertiary/aromatic N) is 2. The fourth-order valence-electron chi connectivity index (χ4n) is 2.13. The number of hydrogen-bond acceptors (Lipinski definition) is 4. The van der Waals surface area contributed by atoms with Gasteiger partial charge in [-0.1, -0.05) is 18.2 Å². The van der Waals surface area contributed by atoms with Crippen LogP contribution in [0.5, 0.6) is 11.5 Å². The highest BCUT2D eigenvalue weighted by molar-refractivity contribution is 5.92. The van der Waals surface area contributed by atoms with Crippen molar-refractivity contribution in [3.05, 3.63) is 70.4 Å². The van der Waals surface area contributed by atoms with Crippen LogP contribution >= 0.6 is 0 Å². The van der Waals surface area contributed by atoms with Crippen molar-refractivity contribution in [2.45, 2.75) is 6.92 Å². The monoisotopic (exact) mass is 280 g/mol. The Morgan fingerprint density at radius 3 is 2.52 bits per heavy atom. The van der Waals surface area contributed by atoms with Gasteiger partial charge < -0.3 is 4.74 Å². The number of pyridine rings is 1. The van der Waals surface area contributed by atoms with E-state index in [1.165, 1.54) is 6.07 Å². The van der Waals surface area contributed by atoms with Crippen LogP contribution in [0.15, 0.2) is 54.6 Å². The van der Waals surface area contributed by atoms with Crippen molar-refractivity contribution < 1.29 is 9.66 Å². The molecule has 1 aromatic heterocycles. The third-order valence-electron chi connectivity index (χ3n) is 3.10. The molecule has 0 saturated heterocycles. The van der Waals surface area contributed by atoms with Gasteiger partial charge in [0.1, 0.15) is 11.3 Å². The molecule has 0 atom stereocenters. The maximum atomic E-state index is 11.1. The van der Waals surface area contributed by atoms with Crippen molar-refractivity contribution in [2.75, 3.05) is 0 Å². The topological polar surface area (TPSA) is 65.3 Å². The standard InChI is InChI=1S/C16H12N2O3/c1-11-7-8-13-14(18(19)20)9-10-15(16(13)17-11)21-12-5-3-2-4-6-12/h2-10H,1H3. The number of ether oxygens (including phenoxy) is 1. The van der Waals surface area contributed by atoms with Crippen LogP contribution in [0.4, 0.5) is 5.69 Å². The third kappa shape index (κ3) is 2.53. The molecule has 0 fully saturated rings. The Labute approximate surface area is 121 Å². The predicted molar refractivity (Wildman–Crippen MR) is 79.7 cm³/mol. The maximum absolute atomic E-state index is 11.1. The van der Waals surface area contributed by atoms with Crippen molar-refractivity contribution in [3.8, 4) is 11.5 Å². The molecule has 3 aromatic rings. The summed E-state index contributed by atoms with van der Waals surface area (Å²) in [7, 11) is 0. The van der Waals surface area contributed by atoms with Crippen molar-refractivity contribution in [3.63, 3.8) is 0 Å². The molecule has 1 heterocycles. The van der Waals surface area contributed by atoms with E-state index in [9.17, 15) is 10.1 Å². The molecule has 21 heavy (non-hydrogen) atoms. The zero-order valence-corrected chi connectivity index (χ0v) is 11.3. The van der Waals surface area contributed by atoms with Gasteiger partial charge in [0.2, 0.25) is 0 Å². The van der Waals surface area contributed by atoms with Gasteiger partial charge in [-0.25, -0.2) is 4.98 Å². The van der Waals surface area contributed by atoms with E-state index in [1.54, 1.807) is 18.2 Å². The number of aromatic nitrogens is 1. The van der Waals surface area contributed by atoms with E-state index < -0.39 is 4.92 Å². The van der Waals surface area contributed by atoms with E-state index >= 15 is 0 Å². The Morgan fingerprint density at radius 1 is 1.05 bits per heavy atom. The Morgan fingerprint density at radius 2 is 1.81 bits per heavy atom. The smallest absolute Gasteiger partial charge is 0.279 e. The minimum Gasteiger partial charge on any atom is -0.455 e. The summed E-state index contributed by atoms with van der Waals surface area (Å²) in [4.78, 5) is 15.1. The highest BCUT2D eigenvalue weighted by atomic mass is 16.6. The first-order valence-corrected chi connectivity index (χ1v) is 6.43. The van der Waals surface area contributed by atoms with E-state index in [0.29, 0.717) is 22.4 Å². The Hall–Kier alpha value is -2.95. The number of benzene rings is 2. The second-order valence-electron chi connectivity index (χ2n) is 4.60. The van der Waals surface area contributed by atoms with E-state index in [4.69, 9.17) is 4.74 Å². The van der Waals surface area contributed by atoms with Crippen LogP contribution in [0.25, 0.3) is 10.9 Å². The number of aryl methyl sites for hydroxylation is 1. The van der Waals surface area contributed by atoms with Gasteiger partial charge >= 0.3 is 0 Å². The Kier molecular flexibility index (Phi) is 3.23. The summed E-state index contributed by atoms with van der Waals surface area (Å²) in [6.45, 7) is 1.84. The van der Waals surface area contributed by atoms with Gasteiger partial charge in [-0.15, -0.1) is 0 Å². The van der Waals surface area contributed by atoms with Gasteiger partial charge in [0, 0.05) is 11.8 Å². The number of para-hydroxylation sites is 1. The van der Waals surface area contributed by atoms with Gasteiger partial charge in [-0.3, -0.25) is 10.1 Å². The van der Waals surface area contributed by atoms with E-state index in [1.807, 2.05) is 37.3 Å². The molecule has 5 heteroatoms. The summed E-state index contributed by atoms with van der Waals surface area (Å²) in [5.41, 5.74) is 1.30. The molecule has 5 nitrogen and oxygen atoms in total. The molecule has 0 amide bonds. The summed E-state index contributed by atoms with van der Waals surface area (Å²) in [5, 5.41) is 11.6. The molecular weight excluding hydrogens is 268 g/mol. The first-order chi connectivity index (χ1) is 10.1. The summed E-state index contributed by atoms with van der Waals surface area (Å²) in [6, 6.07) is 15.7. The van der Waals surface area contributed by atoms with E-state index in [0.717, 1.165) is 5.69 Å². The van der Waals surface area contributed by atoms with Crippen LogP contribution in [0.3, 0.4) is 0 Å². The average Bonchev–Trinajstić information content (AvgIpc) is 2.48. The lowest BCUT2D eigenvalue weighted by Gasteiger charge is -2.09. The molecule has 0 aliphatic carbocycles. The SMILES string of the molecule is Cc1ccc2c([N+](=O)[O-])ccc(Oc3ccccc3)c2n1. The minimum absolute atomic E-state index is 0.0258. The first-order valence-electron chi connectivity index (χ1n) is 6.43. The van der Waals surface area contributed by atoms with Crippen LogP contribution in [0.1, 0.15) is 5.69 Å². The first kappa shape index (κ1) is 13.1. The maximum Gasteiger partial charge on any atom is 0.279 e. The van der Waals surface area contributed by atoms with Crippen molar-refractivity contribution in [2.24, 2.45) is 0 Å². The van der Waals surface area contributed by atoms with Crippen LogP contribution in [0, 0.1) is 17.0 Å². The highest BCUT2D eigenvalue weighted by Crippen LogP contribution is 2.34. The molecule has 0 bridgehead atoms. The highest BCUT2D eigenvalue weighted by Gasteiger charge is 2.16. The summed E-state index contributed by atoms with van der Waals surface area (Å²) < 4.78 is 5.80. The van der Waals surface area contributed by atoms with Gasteiger partial charge in [0.05, 0.1) is 10.3 Å². The molecule has 3 rings (SSSR count). The number of fused-ring (bicyclic) bond motifs is 1. The quantitative estimate of drug-likeness (QED) is 0.531. The molecule has 2 aromatic carbocycles. The van der Waals surface area contributed by atoms with Crippen molar-refractivity contribution in [1.82, 2.24) is 4.98 Å².